The number of nitrogens with zero attached hydrogens (tertiary/aromatic N) is 3. The molecule has 30 heavy (non-hydrogen) atoms. The molecule has 0 radical (unpaired) electrons. The molecule has 0 aliphatic carbocycles. The minimum Gasteiger partial charge on any atom is -0.347 e. The average molecular weight is 490 g/mol. The van der Waals surface area contributed by atoms with Crippen molar-refractivity contribution in [2.45, 2.75) is 24.8 Å². The Kier molecular flexibility index (Phi) is 5.99. The van der Waals surface area contributed by atoms with E-state index in [9.17, 15) is 13.2 Å². The van der Waals surface area contributed by atoms with Crippen molar-refractivity contribution in [1.82, 2.24) is 13.8 Å². The molecule has 0 atom stereocenters. The molecule has 2 aromatic carbocycles. The number of benzene rings is 2. The molecule has 158 valence electrons. The van der Waals surface area contributed by atoms with E-state index in [-0.39, 0.29) is 23.9 Å². The third-order valence-corrected chi connectivity index (χ3v) is 7.90. The lowest BCUT2D eigenvalue weighted by molar-refractivity contribution is 0.0699. The van der Waals surface area contributed by atoms with Crippen molar-refractivity contribution in [3.63, 3.8) is 0 Å². The van der Waals surface area contributed by atoms with Crippen LogP contribution < -0.4 is 0 Å². The summed E-state index contributed by atoms with van der Waals surface area (Å²) < 4.78 is 30.2. The number of halogens is 1. The van der Waals surface area contributed by atoms with Gasteiger partial charge in [0.15, 0.2) is 0 Å². The van der Waals surface area contributed by atoms with Crippen LogP contribution in [-0.4, -0.2) is 54.3 Å². The molecule has 1 saturated heterocycles. The van der Waals surface area contributed by atoms with Crippen LogP contribution >= 0.6 is 15.9 Å². The van der Waals surface area contributed by atoms with E-state index in [0.717, 1.165) is 28.3 Å². The fraction of sp³-hybridized carbons (Fsp3) is 0.318. The minimum atomic E-state index is -3.56. The number of para-hydroxylation sites is 1. The van der Waals surface area contributed by atoms with Crippen molar-refractivity contribution in [3.8, 4) is 0 Å². The number of amides is 1. The van der Waals surface area contributed by atoms with Gasteiger partial charge in [0, 0.05) is 54.3 Å². The first kappa shape index (κ1) is 21.1. The van der Waals surface area contributed by atoms with Crippen molar-refractivity contribution in [2.24, 2.45) is 0 Å². The van der Waals surface area contributed by atoms with Crippen LogP contribution in [0.4, 0.5) is 0 Å². The van der Waals surface area contributed by atoms with Crippen molar-refractivity contribution >= 4 is 42.8 Å². The van der Waals surface area contributed by atoms with Gasteiger partial charge < -0.3 is 9.47 Å². The van der Waals surface area contributed by atoms with Gasteiger partial charge in [0.1, 0.15) is 0 Å². The zero-order valence-electron chi connectivity index (χ0n) is 16.8. The van der Waals surface area contributed by atoms with Crippen LogP contribution in [0, 0.1) is 0 Å². The summed E-state index contributed by atoms with van der Waals surface area (Å²) >= 11 is 3.33. The number of fused-ring (bicyclic) bond motifs is 1. The molecule has 1 aliphatic rings. The third-order valence-electron chi connectivity index (χ3n) is 5.46. The quantitative estimate of drug-likeness (QED) is 0.544. The monoisotopic (exact) mass is 489 g/mol. The van der Waals surface area contributed by atoms with Crippen molar-refractivity contribution in [1.29, 1.82) is 0 Å². The summed E-state index contributed by atoms with van der Waals surface area (Å²) in [4.78, 5) is 15.3. The lowest BCUT2D eigenvalue weighted by Gasteiger charge is -2.34. The number of piperazine rings is 1. The number of carbonyl (C=O) groups is 1. The van der Waals surface area contributed by atoms with Gasteiger partial charge in [-0.2, -0.15) is 4.31 Å². The molecule has 0 unspecified atom stereocenters. The molecule has 1 fully saturated rings. The van der Waals surface area contributed by atoms with Crippen LogP contribution in [0.25, 0.3) is 10.9 Å². The summed E-state index contributed by atoms with van der Waals surface area (Å²) in [5.74, 6) is -0.0401. The summed E-state index contributed by atoms with van der Waals surface area (Å²) in [6.45, 7) is 4.30. The molecule has 4 rings (SSSR count). The van der Waals surface area contributed by atoms with Crippen molar-refractivity contribution in [3.05, 3.63) is 64.8 Å². The molecule has 3 aromatic rings. The van der Waals surface area contributed by atoms with Gasteiger partial charge in [0.2, 0.25) is 10.0 Å². The zero-order chi connectivity index (χ0) is 21.3. The summed E-state index contributed by atoms with van der Waals surface area (Å²) in [5.41, 5.74) is 1.74. The number of sulfonamides is 1. The fourth-order valence-corrected chi connectivity index (χ4v) is 5.59. The van der Waals surface area contributed by atoms with E-state index in [1.807, 2.05) is 30.5 Å². The maximum absolute atomic E-state index is 13.2. The lowest BCUT2D eigenvalue weighted by atomic mass is 10.1. The van der Waals surface area contributed by atoms with Crippen LogP contribution in [0.2, 0.25) is 0 Å². The van der Waals surface area contributed by atoms with Crippen LogP contribution in [-0.2, 0) is 16.6 Å². The number of aromatic nitrogens is 1. The lowest BCUT2D eigenvalue weighted by Crippen LogP contribution is -2.50. The molecule has 8 heteroatoms. The van der Waals surface area contributed by atoms with Gasteiger partial charge in [-0.05, 0) is 36.8 Å². The molecule has 6 nitrogen and oxygen atoms in total. The second-order valence-corrected chi connectivity index (χ2v) is 10.3. The van der Waals surface area contributed by atoms with Gasteiger partial charge in [-0.25, -0.2) is 8.42 Å². The Balaban J connectivity index is 1.51. The second-order valence-electron chi connectivity index (χ2n) is 7.40. The van der Waals surface area contributed by atoms with E-state index in [0.29, 0.717) is 18.7 Å². The van der Waals surface area contributed by atoms with Crippen LogP contribution in [0.3, 0.4) is 0 Å². The normalized spacial score (nSPS) is 15.6. The molecule has 1 aromatic heterocycles. The first-order valence-corrected chi connectivity index (χ1v) is 12.3. The summed E-state index contributed by atoms with van der Waals surface area (Å²) in [7, 11) is -3.56. The minimum absolute atomic E-state index is 0.0401. The van der Waals surface area contributed by atoms with Gasteiger partial charge in [-0.1, -0.05) is 41.1 Å². The molecule has 0 N–H and O–H groups in total. The number of carbonyl (C=O) groups excluding carboxylic acids is 1. The molecule has 2 heterocycles. The first-order chi connectivity index (χ1) is 14.4. The Morgan fingerprint density at radius 3 is 2.33 bits per heavy atom. The maximum atomic E-state index is 13.2. The fourth-order valence-electron chi connectivity index (χ4n) is 3.90. The highest BCUT2D eigenvalue weighted by Crippen LogP contribution is 2.25. The highest BCUT2D eigenvalue weighted by atomic mass is 79.9. The molecule has 0 bridgehead atoms. The first-order valence-electron chi connectivity index (χ1n) is 10.0. The Morgan fingerprint density at radius 1 is 1.00 bits per heavy atom. The maximum Gasteiger partial charge on any atom is 0.256 e. The molecular weight excluding hydrogens is 466 g/mol. The number of hydrogen-bond acceptors (Lipinski definition) is 3. The van der Waals surface area contributed by atoms with E-state index < -0.39 is 10.0 Å². The average Bonchev–Trinajstić information content (AvgIpc) is 3.13. The Labute approximate surface area is 185 Å². The van der Waals surface area contributed by atoms with Gasteiger partial charge in [-0.15, -0.1) is 0 Å². The van der Waals surface area contributed by atoms with Crippen LogP contribution in [0.1, 0.15) is 23.7 Å². The third kappa shape index (κ3) is 3.91. The van der Waals surface area contributed by atoms with Crippen LogP contribution in [0.15, 0.2) is 64.1 Å². The van der Waals surface area contributed by atoms with E-state index >= 15 is 0 Å². The van der Waals surface area contributed by atoms with E-state index in [4.69, 9.17) is 0 Å². The van der Waals surface area contributed by atoms with Gasteiger partial charge in [0.25, 0.3) is 5.91 Å². The van der Waals surface area contributed by atoms with Crippen LogP contribution in [0.5, 0.6) is 0 Å². The van der Waals surface area contributed by atoms with Gasteiger partial charge >= 0.3 is 0 Å². The van der Waals surface area contributed by atoms with Crippen molar-refractivity contribution in [2.75, 3.05) is 26.2 Å². The van der Waals surface area contributed by atoms with Gasteiger partial charge in [0.05, 0.1) is 10.5 Å². The Hall–Kier alpha value is -2.16. The summed E-state index contributed by atoms with van der Waals surface area (Å²) in [5, 5.41) is 0.945. The second kappa shape index (κ2) is 8.53. The predicted octanol–water partition coefficient (Wildman–Crippen LogP) is 3.96. The zero-order valence-corrected chi connectivity index (χ0v) is 19.2. The smallest absolute Gasteiger partial charge is 0.256 e. The van der Waals surface area contributed by atoms with E-state index in [1.54, 1.807) is 29.2 Å². The summed E-state index contributed by atoms with van der Waals surface area (Å²) in [6.07, 6.45) is 2.92. The largest absolute Gasteiger partial charge is 0.347 e. The van der Waals surface area contributed by atoms with Crippen molar-refractivity contribution < 1.29 is 13.2 Å². The van der Waals surface area contributed by atoms with Gasteiger partial charge in [-0.3, -0.25) is 4.79 Å². The standard InChI is InChI=1S/C22H24BrN3O3S/c1-2-11-25-16-20(19-5-3-4-6-21(19)25)22(27)24-12-14-26(15-13-24)30(28,29)18-9-7-17(23)8-10-18/h3-10,16H,2,11-15H2,1H3. The van der Waals surface area contributed by atoms with E-state index in [1.165, 1.54) is 4.31 Å². The molecule has 0 spiro atoms. The highest BCUT2D eigenvalue weighted by molar-refractivity contribution is 9.10. The Bertz CT molecular complexity index is 1160. The highest BCUT2D eigenvalue weighted by Gasteiger charge is 2.31. The predicted molar refractivity (Wildman–Crippen MR) is 121 cm³/mol. The number of hydrogen-bond donors (Lipinski definition) is 0. The molecule has 1 amide bonds. The van der Waals surface area contributed by atoms with E-state index in [2.05, 4.69) is 27.4 Å². The SMILES string of the molecule is CCCn1cc(C(=O)N2CCN(S(=O)(=O)c3ccc(Br)cc3)CC2)c2ccccc21. The Morgan fingerprint density at radius 2 is 1.67 bits per heavy atom. The topological polar surface area (TPSA) is 62.6 Å². The number of rotatable bonds is 5. The number of aryl methyl sites for hydroxylation is 1. The molecule has 0 saturated carbocycles. The molecular formula is C22H24BrN3O3S. The molecule has 1 aliphatic heterocycles. The summed E-state index contributed by atoms with van der Waals surface area (Å²) in [6, 6.07) is 14.6.